The zero-order chi connectivity index (χ0) is 17.9. The molecule has 0 fully saturated rings. The number of carbonyl (C=O) groups is 1. The van der Waals surface area contributed by atoms with E-state index in [0.29, 0.717) is 18.0 Å². The molecule has 2 aromatic rings. The standard InChI is InChI=1S/C18H25N3O3/c1-18(2,3)21(17(22)15-9-10-19-20(15)4)12-13-7-8-14(23-5)11-16(13)24-6/h7-11H,12H2,1-6H3. The van der Waals surface area contributed by atoms with Gasteiger partial charge in [0, 0.05) is 30.4 Å². The fraction of sp³-hybridized carbons (Fsp3) is 0.444. The Labute approximate surface area is 143 Å². The third-order valence-corrected chi connectivity index (χ3v) is 3.92. The smallest absolute Gasteiger partial charge is 0.272 e. The third kappa shape index (κ3) is 3.69. The Morgan fingerprint density at radius 3 is 2.42 bits per heavy atom. The highest BCUT2D eigenvalue weighted by molar-refractivity contribution is 5.93. The Morgan fingerprint density at radius 2 is 1.92 bits per heavy atom. The van der Waals surface area contributed by atoms with Crippen LogP contribution < -0.4 is 9.47 Å². The first-order valence-corrected chi connectivity index (χ1v) is 7.78. The average molecular weight is 331 g/mol. The van der Waals surface area contributed by atoms with Crippen LogP contribution in [-0.2, 0) is 13.6 Å². The number of aromatic nitrogens is 2. The summed E-state index contributed by atoms with van der Waals surface area (Å²) in [5.41, 5.74) is 1.12. The molecule has 0 radical (unpaired) electrons. The number of ether oxygens (including phenoxy) is 2. The van der Waals surface area contributed by atoms with Gasteiger partial charge in [-0.15, -0.1) is 0 Å². The number of benzene rings is 1. The number of aryl methyl sites for hydroxylation is 1. The summed E-state index contributed by atoms with van der Waals surface area (Å²) < 4.78 is 12.3. The number of hydrogen-bond donors (Lipinski definition) is 0. The Balaban J connectivity index is 2.37. The molecule has 24 heavy (non-hydrogen) atoms. The minimum absolute atomic E-state index is 0.0691. The van der Waals surface area contributed by atoms with Crippen LogP contribution >= 0.6 is 0 Å². The predicted octanol–water partition coefficient (Wildman–Crippen LogP) is 2.88. The van der Waals surface area contributed by atoms with Crippen molar-refractivity contribution in [3.05, 3.63) is 41.7 Å². The van der Waals surface area contributed by atoms with Gasteiger partial charge in [0.15, 0.2) is 0 Å². The molecule has 0 bridgehead atoms. The quantitative estimate of drug-likeness (QED) is 0.845. The molecule has 1 amide bonds. The van der Waals surface area contributed by atoms with E-state index in [1.54, 1.807) is 38.2 Å². The van der Waals surface area contributed by atoms with Gasteiger partial charge < -0.3 is 14.4 Å². The summed E-state index contributed by atoms with van der Waals surface area (Å²) in [7, 11) is 4.99. The number of amides is 1. The molecule has 0 aliphatic heterocycles. The van der Waals surface area contributed by atoms with Gasteiger partial charge in [0.2, 0.25) is 0 Å². The largest absolute Gasteiger partial charge is 0.497 e. The van der Waals surface area contributed by atoms with Crippen molar-refractivity contribution < 1.29 is 14.3 Å². The number of hydrogen-bond acceptors (Lipinski definition) is 4. The fourth-order valence-electron chi connectivity index (χ4n) is 2.49. The highest BCUT2D eigenvalue weighted by atomic mass is 16.5. The van der Waals surface area contributed by atoms with Crippen molar-refractivity contribution in [2.24, 2.45) is 7.05 Å². The monoisotopic (exact) mass is 331 g/mol. The van der Waals surface area contributed by atoms with Crippen molar-refractivity contribution in [3.8, 4) is 11.5 Å². The molecular formula is C18H25N3O3. The highest BCUT2D eigenvalue weighted by Crippen LogP contribution is 2.28. The lowest BCUT2D eigenvalue weighted by Crippen LogP contribution is -2.45. The maximum absolute atomic E-state index is 13.0. The lowest BCUT2D eigenvalue weighted by atomic mass is 10.0. The third-order valence-electron chi connectivity index (χ3n) is 3.92. The summed E-state index contributed by atoms with van der Waals surface area (Å²) in [4.78, 5) is 14.8. The minimum atomic E-state index is -0.355. The van der Waals surface area contributed by atoms with Gasteiger partial charge in [-0.25, -0.2) is 0 Å². The van der Waals surface area contributed by atoms with Crippen LogP contribution in [0.15, 0.2) is 30.5 Å². The van der Waals surface area contributed by atoms with E-state index in [1.165, 1.54) is 0 Å². The van der Waals surface area contributed by atoms with E-state index in [2.05, 4.69) is 5.10 Å². The van der Waals surface area contributed by atoms with E-state index in [1.807, 2.05) is 43.9 Å². The molecule has 0 saturated heterocycles. The fourth-order valence-corrected chi connectivity index (χ4v) is 2.49. The van der Waals surface area contributed by atoms with Gasteiger partial charge in [0.05, 0.1) is 20.8 Å². The molecule has 0 atom stereocenters. The first-order valence-electron chi connectivity index (χ1n) is 7.78. The molecule has 1 aromatic heterocycles. The van der Waals surface area contributed by atoms with Gasteiger partial charge in [0.25, 0.3) is 5.91 Å². The van der Waals surface area contributed by atoms with Gasteiger partial charge in [-0.05, 0) is 39.0 Å². The van der Waals surface area contributed by atoms with Crippen LogP contribution in [0, 0.1) is 0 Å². The molecule has 6 heteroatoms. The van der Waals surface area contributed by atoms with Crippen LogP contribution in [0.2, 0.25) is 0 Å². The molecule has 0 unspecified atom stereocenters. The van der Waals surface area contributed by atoms with Crippen molar-refractivity contribution in [1.82, 2.24) is 14.7 Å². The lowest BCUT2D eigenvalue weighted by Gasteiger charge is -2.36. The number of rotatable bonds is 5. The first-order chi connectivity index (χ1) is 11.3. The molecule has 0 aliphatic rings. The normalized spacial score (nSPS) is 11.2. The van der Waals surface area contributed by atoms with Crippen molar-refractivity contribution in [1.29, 1.82) is 0 Å². The van der Waals surface area contributed by atoms with Crippen molar-refractivity contribution in [3.63, 3.8) is 0 Å². The average Bonchev–Trinajstić information content (AvgIpc) is 2.96. The summed E-state index contributed by atoms with van der Waals surface area (Å²) in [5, 5.41) is 4.09. The Hall–Kier alpha value is -2.50. The molecular weight excluding hydrogens is 306 g/mol. The number of carbonyl (C=O) groups excluding carboxylic acids is 1. The first kappa shape index (κ1) is 17.8. The highest BCUT2D eigenvalue weighted by Gasteiger charge is 2.29. The predicted molar refractivity (Wildman–Crippen MR) is 92.4 cm³/mol. The summed E-state index contributed by atoms with van der Waals surface area (Å²) >= 11 is 0. The van der Waals surface area contributed by atoms with Gasteiger partial charge >= 0.3 is 0 Å². The molecule has 2 rings (SSSR count). The molecule has 130 valence electrons. The zero-order valence-electron chi connectivity index (χ0n) is 15.2. The van der Waals surface area contributed by atoms with Gasteiger partial charge in [-0.1, -0.05) is 0 Å². The summed E-state index contributed by atoms with van der Waals surface area (Å²) in [5.74, 6) is 1.35. The van der Waals surface area contributed by atoms with E-state index < -0.39 is 0 Å². The molecule has 0 aliphatic carbocycles. The summed E-state index contributed by atoms with van der Waals surface area (Å²) in [6.45, 7) is 6.46. The molecule has 0 saturated carbocycles. The molecule has 1 heterocycles. The van der Waals surface area contributed by atoms with E-state index >= 15 is 0 Å². The SMILES string of the molecule is COc1ccc(CN(C(=O)c2ccnn2C)C(C)(C)C)c(OC)c1. The van der Waals surface area contributed by atoms with Crippen molar-refractivity contribution in [2.45, 2.75) is 32.9 Å². The van der Waals surface area contributed by atoms with Crippen LogP contribution in [0.5, 0.6) is 11.5 Å². The Morgan fingerprint density at radius 1 is 1.21 bits per heavy atom. The van der Waals surface area contributed by atoms with E-state index in [0.717, 1.165) is 11.3 Å². The van der Waals surface area contributed by atoms with Crippen molar-refractivity contribution in [2.75, 3.05) is 14.2 Å². The van der Waals surface area contributed by atoms with Gasteiger partial charge in [0.1, 0.15) is 17.2 Å². The number of nitrogens with zero attached hydrogens (tertiary/aromatic N) is 3. The van der Waals surface area contributed by atoms with Gasteiger partial charge in [-0.2, -0.15) is 5.10 Å². The lowest BCUT2D eigenvalue weighted by molar-refractivity contribution is 0.0545. The van der Waals surface area contributed by atoms with Crippen LogP contribution in [0.25, 0.3) is 0 Å². The zero-order valence-corrected chi connectivity index (χ0v) is 15.2. The molecule has 6 nitrogen and oxygen atoms in total. The topological polar surface area (TPSA) is 56.6 Å². The Bertz CT molecular complexity index is 717. The molecule has 0 N–H and O–H groups in total. The van der Waals surface area contributed by atoms with E-state index in [-0.39, 0.29) is 11.4 Å². The molecule has 0 spiro atoms. The van der Waals surface area contributed by atoms with E-state index in [4.69, 9.17) is 9.47 Å². The maximum Gasteiger partial charge on any atom is 0.272 e. The summed E-state index contributed by atoms with van der Waals surface area (Å²) in [6.07, 6.45) is 1.63. The van der Waals surface area contributed by atoms with Crippen LogP contribution in [0.4, 0.5) is 0 Å². The second kappa shape index (κ2) is 6.95. The maximum atomic E-state index is 13.0. The van der Waals surface area contributed by atoms with Crippen LogP contribution in [0.1, 0.15) is 36.8 Å². The second-order valence-electron chi connectivity index (χ2n) is 6.58. The van der Waals surface area contributed by atoms with Crippen LogP contribution in [-0.4, -0.2) is 40.3 Å². The Kier molecular flexibility index (Phi) is 5.17. The van der Waals surface area contributed by atoms with Gasteiger partial charge in [-0.3, -0.25) is 9.48 Å². The van der Waals surface area contributed by atoms with E-state index in [9.17, 15) is 4.79 Å². The summed E-state index contributed by atoms with van der Waals surface area (Å²) in [6, 6.07) is 7.34. The number of methoxy groups -OCH3 is 2. The molecule has 1 aromatic carbocycles. The second-order valence-corrected chi connectivity index (χ2v) is 6.58. The minimum Gasteiger partial charge on any atom is -0.497 e. The van der Waals surface area contributed by atoms with Crippen molar-refractivity contribution >= 4 is 5.91 Å². The van der Waals surface area contributed by atoms with Crippen LogP contribution in [0.3, 0.4) is 0 Å².